The number of hydrogen-bond acceptors (Lipinski definition) is 10. The van der Waals surface area contributed by atoms with Gasteiger partial charge < -0.3 is 29.6 Å². The van der Waals surface area contributed by atoms with Crippen LogP contribution in [-0.2, 0) is 28.7 Å². The summed E-state index contributed by atoms with van der Waals surface area (Å²) in [5.41, 5.74) is 0.985. The maximum Gasteiger partial charge on any atom is 0.345 e. The number of anilines is 2. The standard InChI is InChI=1S/C60H96N2O10/c1-5-7-9-11-13-15-17-19-21-23-25-29-33-37-45-69-55-43-41-51(47-53(55)61-49(3)63)59(67)71-57(65)39-35-31-27-28-32-36-40-58(66)72-60(68)52-42-44-56(54(48-52)62-50(4)64)70-46-38-34-30-26-24-22-20-18-16-14-12-10-8-6-2/h41-44,47-48H,5-40,45-46H2,1-4H3,(H,61,63)(H,62,64). The maximum atomic E-state index is 12.8. The van der Waals surface area contributed by atoms with Crippen molar-refractivity contribution >= 4 is 47.1 Å². The van der Waals surface area contributed by atoms with Crippen LogP contribution in [0.3, 0.4) is 0 Å². The fourth-order valence-electron chi connectivity index (χ4n) is 8.77. The molecule has 0 aliphatic carbocycles. The van der Waals surface area contributed by atoms with Crippen LogP contribution in [0.15, 0.2) is 36.4 Å². The van der Waals surface area contributed by atoms with Gasteiger partial charge in [-0.3, -0.25) is 19.2 Å². The van der Waals surface area contributed by atoms with E-state index < -0.39 is 23.9 Å². The molecule has 0 radical (unpaired) electrons. The number of benzene rings is 2. The Hall–Kier alpha value is -4.74. The molecule has 2 aromatic carbocycles. The van der Waals surface area contributed by atoms with Crippen LogP contribution in [0.5, 0.6) is 11.5 Å². The molecule has 0 bridgehead atoms. The summed E-state index contributed by atoms with van der Waals surface area (Å²) in [6, 6.07) is 9.25. The molecule has 0 aliphatic rings. The Balaban J connectivity index is 1.58. The van der Waals surface area contributed by atoms with Crippen LogP contribution < -0.4 is 20.1 Å². The molecule has 12 nitrogen and oxygen atoms in total. The average molecular weight is 1010 g/mol. The van der Waals surface area contributed by atoms with Crippen molar-refractivity contribution in [3.8, 4) is 11.5 Å². The van der Waals surface area contributed by atoms with E-state index >= 15 is 0 Å². The third-order valence-corrected chi connectivity index (χ3v) is 13.0. The Kier molecular flexibility index (Phi) is 37.6. The number of carbonyl (C=O) groups is 6. The Bertz CT molecular complexity index is 1680. The van der Waals surface area contributed by atoms with Crippen LogP contribution in [-0.4, -0.2) is 48.9 Å². The van der Waals surface area contributed by atoms with Crippen molar-refractivity contribution in [2.75, 3.05) is 23.8 Å². The zero-order valence-corrected chi connectivity index (χ0v) is 45.4. The molecule has 0 spiro atoms. The number of rotatable bonds is 45. The number of amides is 2. The van der Waals surface area contributed by atoms with E-state index in [1.54, 1.807) is 12.1 Å². The fourth-order valence-corrected chi connectivity index (χ4v) is 8.77. The van der Waals surface area contributed by atoms with Crippen molar-refractivity contribution < 1.29 is 47.7 Å². The normalized spacial score (nSPS) is 11.0. The summed E-state index contributed by atoms with van der Waals surface area (Å²) in [4.78, 5) is 74.5. The second kappa shape index (κ2) is 42.7. The van der Waals surface area contributed by atoms with Crippen LogP contribution in [0.4, 0.5) is 11.4 Å². The molecule has 0 saturated heterocycles. The molecule has 2 N–H and O–H groups in total. The third-order valence-electron chi connectivity index (χ3n) is 13.0. The van der Waals surface area contributed by atoms with Gasteiger partial charge in [-0.2, -0.15) is 0 Å². The summed E-state index contributed by atoms with van der Waals surface area (Å²) in [5.74, 6) is -2.52. The molecule has 0 unspecified atom stereocenters. The summed E-state index contributed by atoms with van der Waals surface area (Å²) < 4.78 is 22.2. The lowest BCUT2D eigenvalue weighted by atomic mass is 10.0. The molecular weight excluding hydrogens is 909 g/mol. The van der Waals surface area contributed by atoms with Crippen molar-refractivity contribution in [3.63, 3.8) is 0 Å². The van der Waals surface area contributed by atoms with Gasteiger partial charge in [0, 0.05) is 26.7 Å². The number of nitrogens with one attached hydrogen (secondary N) is 2. The SMILES string of the molecule is CCCCCCCCCCCCCCCCOc1ccc(C(=O)OC(=O)CCCCCCCCC(=O)OC(=O)c2ccc(OCCCCCCCCCCCCCCCC)c(NC(C)=O)c2)cc1NC(C)=O. The molecule has 2 aromatic rings. The van der Waals surface area contributed by atoms with Crippen LogP contribution in [0.25, 0.3) is 0 Å². The average Bonchev–Trinajstić information content (AvgIpc) is 3.35. The minimum Gasteiger partial charge on any atom is -0.491 e. The van der Waals surface area contributed by atoms with Gasteiger partial charge in [-0.1, -0.05) is 206 Å². The number of hydrogen-bond donors (Lipinski definition) is 2. The van der Waals surface area contributed by atoms with Gasteiger partial charge in [0.15, 0.2) is 0 Å². The zero-order valence-electron chi connectivity index (χ0n) is 45.4. The fraction of sp³-hybridized carbons (Fsp3) is 0.700. The van der Waals surface area contributed by atoms with Crippen LogP contribution >= 0.6 is 0 Å². The number of carbonyl (C=O) groups excluding carboxylic acids is 6. The first kappa shape index (κ1) is 63.4. The zero-order chi connectivity index (χ0) is 52.3. The highest BCUT2D eigenvalue weighted by atomic mass is 16.6. The molecule has 2 amide bonds. The Labute approximate surface area is 435 Å². The van der Waals surface area contributed by atoms with Crippen molar-refractivity contribution in [2.45, 2.75) is 259 Å². The van der Waals surface area contributed by atoms with E-state index in [0.29, 0.717) is 48.9 Å². The highest BCUT2D eigenvalue weighted by molar-refractivity contribution is 6.00. The van der Waals surface area contributed by atoms with Gasteiger partial charge in [0.05, 0.1) is 35.7 Å². The lowest BCUT2D eigenvalue weighted by molar-refractivity contribution is -0.139. The van der Waals surface area contributed by atoms with E-state index in [2.05, 4.69) is 24.5 Å². The highest BCUT2D eigenvalue weighted by Crippen LogP contribution is 2.29. The van der Waals surface area contributed by atoms with Crippen LogP contribution in [0.2, 0.25) is 0 Å². The topological polar surface area (TPSA) is 163 Å². The predicted molar refractivity (Wildman–Crippen MR) is 291 cm³/mol. The van der Waals surface area contributed by atoms with Crippen molar-refractivity contribution in [1.82, 2.24) is 0 Å². The first-order valence-electron chi connectivity index (χ1n) is 28.6. The van der Waals surface area contributed by atoms with Crippen molar-refractivity contribution in [2.24, 2.45) is 0 Å². The van der Waals surface area contributed by atoms with E-state index in [4.69, 9.17) is 18.9 Å². The number of esters is 4. The summed E-state index contributed by atoms with van der Waals surface area (Å²) in [6.45, 7) is 8.27. The maximum absolute atomic E-state index is 12.8. The van der Waals surface area contributed by atoms with E-state index in [1.165, 1.54) is 192 Å². The van der Waals surface area contributed by atoms with Crippen LogP contribution in [0, 0.1) is 0 Å². The molecule has 0 saturated carbocycles. The Morgan fingerprint density at radius 1 is 0.361 bits per heavy atom. The third kappa shape index (κ3) is 33.1. The van der Waals surface area contributed by atoms with E-state index in [1.807, 2.05) is 0 Å². The number of unbranched alkanes of at least 4 members (excludes halogenated alkanes) is 31. The molecule has 72 heavy (non-hydrogen) atoms. The molecule has 406 valence electrons. The largest absolute Gasteiger partial charge is 0.491 e. The molecule has 2 rings (SSSR count). The highest BCUT2D eigenvalue weighted by Gasteiger charge is 2.18. The second-order valence-corrected chi connectivity index (χ2v) is 19.8. The predicted octanol–water partition coefficient (Wildman–Crippen LogP) is 16.5. The summed E-state index contributed by atoms with van der Waals surface area (Å²) in [5, 5.41) is 5.44. The van der Waals surface area contributed by atoms with Gasteiger partial charge in [0.25, 0.3) is 0 Å². The first-order chi connectivity index (χ1) is 35.0. The van der Waals surface area contributed by atoms with E-state index in [0.717, 1.165) is 51.4 Å². The van der Waals surface area contributed by atoms with Gasteiger partial charge in [-0.15, -0.1) is 0 Å². The van der Waals surface area contributed by atoms with Crippen LogP contribution in [0.1, 0.15) is 280 Å². The van der Waals surface area contributed by atoms with Gasteiger partial charge in [0.1, 0.15) is 11.5 Å². The van der Waals surface area contributed by atoms with Gasteiger partial charge in [-0.05, 0) is 62.1 Å². The molecule has 0 heterocycles. The summed E-state index contributed by atoms with van der Waals surface area (Å²) >= 11 is 0. The second-order valence-electron chi connectivity index (χ2n) is 19.8. The summed E-state index contributed by atoms with van der Waals surface area (Å²) in [6.07, 6.45) is 39.9. The van der Waals surface area contributed by atoms with Gasteiger partial charge in [-0.25, -0.2) is 9.59 Å². The van der Waals surface area contributed by atoms with Gasteiger partial charge >= 0.3 is 23.9 Å². The molecule has 0 fully saturated rings. The monoisotopic (exact) mass is 1000 g/mol. The first-order valence-corrected chi connectivity index (χ1v) is 28.6. The molecule has 0 aliphatic heterocycles. The molecule has 0 aromatic heterocycles. The van der Waals surface area contributed by atoms with Gasteiger partial charge in [0.2, 0.25) is 11.8 Å². The summed E-state index contributed by atoms with van der Waals surface area (Å²) in [7, 11) is 0. The minimum absolute atomic E-state index is 0.0788. The number of ether oxygens (including phenoxy) is 4. The molecule has 12 heteroatoms. The smallest absolute Gasteiger partial charge is 0.345 e. The Morgan fingerprint density at radius 2 is 0.625 bits per heavy atom. The lowest BCUT2D eigenvalue weighted by Crippen LogP contribution is -2.14. The van der Waals surface area contributed by atoms with E-state index in [9.17, 15) is 28.8 Å². The lowest BCUT2D eigenvalue weighted by Gasteiger charge is -2.13. The molecular formula is C60H96N2O10. The van der Waals surface area contributed by atoms with Crippen molar-refractivity contribution in [1.29, 1.82) is 0 Å². The minimum atomic E-state index is -0.791. The molecule has 0 atom stereocenters. The van der Waals surface area contributed by atoms with Crippen molar-refractivity contribution in [3.05, 3.63) is 47.5 Å². The van der Waals surface area contributed by atoms with E-state index in [-0.39, 0.29) is 35.8 Å². The quantitative estimate of drug-likeness (QED) is 0.0371. The Morgan fingerprint density at radius 3 is 0.903 bits per heavy atom.